The molecule has 0 amide bonds. The van der Waals surface area contributed by atoms with Crippen LogP contribution in [0.5, 0.6) is 0 Å². The third kappa shape index (κ3) is 4.56. The lowest BCUT2D eigenvalue weighted by atomic mass is 10.4. The van der Waals surface area contributed by atoms with Crippen LogP contribution in [0.2, 0.25) is 0 Å². The summed E-state index contributed by atoms with van der Waals surface area (Å²) in [5, 5.41) is 13.9. The van der Waals surface area contributed by atoms with Crippen molar-refractivity contribution in [3.05, 3.63) is 11.8 Å². The second-order valence-corrected chi connectivity index (χ2v) is 5.27. The van der Waals surface area contributed by atoms with Gasteiger partial charge in [0.15, 0.2) is 5.03 Å². The maximum absolute atomic E-state index is 12.0. The number of carbonyl (C=O) groups is 1. The van der Waals surface area contributed by atoms with Crippen molar-refractivity contribution in [1.82, 2.24) is 14.9 Å². The molecule has 0 radical (unpaired) electrons. The molecule has 0 spiro atoms. The Kier molecular flexibility index (Phi) is 6.58. The Hall–Kier alpha value is -1.49. The number of H-pyrrole nitrogens is 1. The predicted molar refractivity (Wildman–Crippen MR) is 67.6 cm³/mol. The van der Waals surface area contributed by atoms with Gasteiger partial charge < -0.3 is 14.6 Å². The van der Waals surface area contributed by atoms with Gasteiger partial charge in [0, 0.05) is 6.54 Å². The summed E-state index contributed by atoms with van der Waals surface area (Å²) in [5.74, 6) is -0.766. The monoisotopic (exact) mass is 307 g/mol. The Labute approximate surface area is 116 Å². The first-order chi connectivity index (χ1) is 9.53. The molecule has 0 bridgehead atoms. The zero-order valence-corrected chi connectivity index (χ0v) is 11.8. The molecular weight excluding hydrogens is 290 g/mol. The van der Waals surface area contributed by atoms with Gasteiger partial charge in [0.25, 0.3) is 10.0 Å². The molecule has 0 saturated heterocycles. The fourth-order valence-electron chi connectivity index (χ4n) is 1.32. The first-order valence-electron chi connectivity index (χ1n) is 5.91. The molecule has 0 aliphatic heterocycles. The molecule has 10 heteroatoms. The molecule has 0 aliphatic rings. The Balaban J connectivity index is 2.68. The summed E-state index contributed by atoms with van der Waals surface area (Å²) < 4.78 is 35.8. The fourth-order valence-corrected chi connectivity index (χ4v) is 2.42. The van der Waals surface area contributed by atoms with Crippen molar-refractivity contribution in [2.45, 2.75) is 11.9 Å². The number of nitrogens with one attached hydrogen (secondary N) is 2. The molecule has 1 aromatic rings. The number of esters is 1. The number of sulfonamides is 1. The van der Waals surface area contributed by atoms with E-state index in [1.165, 1.54) is 0 Å². The maximum Gasteiger partial charge on any atom is 0.342 e. The number of nitrogens with zero attached hydrogens (tertiary/aromatic N) is 1. The largest absolute Gasteiger partial charge is 0.462 e. The van der Waals surface area contributed by atoms with Crippen LogP contribution in [-0.4, -0.2) is 62.7 Å². The van der Waals surface area contributed by atoms with Gasteiger partial charge >= 0.3 is 5.97 Å². The Morgan fingerprint density at radius 2 is 2.25 bits per heavy atom. The van der Waals surface area contributed by atoms with Crippen molar-refractivity contribution in [1.29, 1.82) is 0 Å². The van der Waals surface area contributed by atoms with E-state index >= 15 is 0 Å². The van der Waals surface area contributed by atoms with Gasteiger partial charge in [-0.05, 0) is 6.92 Å². The number of rotatable bonds is 9. The third-order valence-electron chi connectivity index (χ3n) is 2.14. The first-order valence-corrected chi connectivity index (χ1v) is 7.40. The summed E-state index contributed by atoms with van der Waals surface area (Å²) in [6.07, 6.45) is 1.09. The minimum atomic E-state index is -3.91. The van der Waals surface area contributed by atoms with E-state index in [2.05, 4.69) is 14.9 Å². The van der Waals surface area contributed by atoms with Crippen LogP contribution < -0.4 is 4.72 Å². The Morgan fingerprint density at radius 3 is 2.90 bits per heavy atom. The molecule has 9 nitrogen and oxygen atoms in total. The molecular formula is C10H17N3O6S. The summed E-state index contributed by atoms with van der Waals surface area (Å²) >= 11 is 0. The van der Waals surface area contributed by atoms with Gasteiger partial charge in [-0.15, -0.1) is 0 Å². The smallest absolute Gasteiger partial charge is 0.342 e. The zero-order chi connectivity index (χ0) is 15.0. The van der Waals surface area contributed by atoms with Crippen molar-refractivity contribution >= 4 is 16.0 Å². The van der Waals surface area contributed by atoms with Gasteiger partial charge in [-0.3, -0.25) is 5.10 Å². The van der Waals surface area contributed by atoms with E-state index in [0.717, 1.165) is 6.20 Å². The average Bonchev–Trinajstić information content (AvgIpc) is 2.89. The normalized spacial score (nSPS) is 11.5. The van der Waals surface area contributed by atoms with Crippen LogP contribution in [-0.2, 0) is 19.5 Å². The van der Waals surface area contributed by atoms with Gasteiger partial charge in [-0.1, -0.05) is 0 Å². The number of aromatic nitrogens is 2. The van der Waals surface area contributed by atoms with Crippen LogP contribution in [0, 0.1) is 0 Å². The first kappa shape index (κ1) is 16.6. The highest BCUT2D eigenvalue weighted by Gasteiger charge is 2.25. The third-order valence-corrected chi connectivity index (χ3v) is 3.58. The highest BCUT2D eigenvalue weighted by Crippen LogP contribution is 2.12. The summed E-state index contributed by atoms with van der Waals surface area (Å²) in [4.78, 5) is 11.6. The molecule has 0 aromatic carbocycles. The molecule has 0 fully saturated rings. The van der Waals surface area contributed by atoms with Crippen LogP contribution in [0.4, 0.5) is 0 Å². The van der Waals surface area contributed by atoms with Crippen molar-refractivity contribution in [2.75, 3.05) is 33.0 Å². The summed E-state index contributed by atoms with van der Waals surface area (Å²) in [5.41, 5.74) is -0.157. The van der Waals surface area contributed by atoms with Crippen molar-refractivity contribution in [3.63, 3.8) is 0 Å². The van der Waals surface area contributed by atoms with Crippen molar-refractivity contribution in [3.8, 4) is 0 Å². The standard InChI is InChI=1S/C10H17N3O6S/c1-2-19-10(15)8-7-11-13-9(8)20(16,17)12-3-5-18-6-4-14/h7,12,14H,2-6H2,1H3,(H,11,13). The average molecular weight is 307 g/mol. The van der Waals surface area contributed by atoms with E-state index in [0.29, 0.717) is 0 Å². The van der Waals surface area contributed by atoms with Crippen molar-refractivity contribution in [2.24, 2.45) is 0 Å². The van der Waals surface area contributed by atoms with Crippen LogP contribution in [0.15, 0.2) is 11.2 Å². The molecule has 1 aromatic heterocycles. The molecule has 114 valence electrons. The van der Waals surface area contributed by atoms with E-state index in [4.69, 9.17) is 14.6 Å². The number of ether oxygens (including phenoxy) is 2. The van der Waals surface area contributed by atoms with Gasteiger partial charge in [0.2, 0.25) is 0 Å². The highest BCUT2D eigenvalue weighted by molar-refractivity contribution is 7.89. The lowest BCUT2D eigenvalue weighted by molar-refractivity contribution is 0.0522. The Bertz CT molecular complexity index is 527. The number of aliphatic hydroxyl groups is 1. The predicted octanol–water partition coefficient (Wildman–Crippen LogP) is -1.13. The molecule has 3 N–H and O–H groups in total. The molecule has 1 heterocycles. The van der Waals surface area contributed by atoms with Crippen LogP contribution in [0.1, 0.15) is 17.3 Å². The van der Waals surface area contributed by atoms with Crippen LogP contribution >= 0.6 is 0 Å². The molecule has 0 aliphatic carbocycles. The quantitative estimate of drug-likeness (QED) is 0.389. The zero-order valence-electron chi connectivity index (χ0n) is 11.0. The SMILES string of the molecule is CCOC(=O)c1cn[nH]c1S(=O)(=O)NCCOCCO. The number of hydrogen-bond acceptors (Lipinski definition) is 7. The summed E-state index contributed by atoms with van der Waals surface area (Å²) in [6, 6.07) is 0. The van der Waals surface area contributed by atoms with Crippen molar-refractivity contribution < 1.29 is 27.8 Å². The lowest BCUT2D eigenvalue weighted by Gasteiger charge is -2.07. The summed E-state index contributed by atoms with van der Waals surface area (Å²) in [6.45, 7) is 1.83. The second-order valence-electron chi connectivity index (χ2n) is 3.57. The summed E-state index contributed by atoms with van der Waals surface area (Å²) in [7, 11) is -3.91. The molecule has 1 rings (SSSR count). The number of hydrogen-bond donors (Lipinski definition) is 3. The molecule has 0 unspecified atom stereocenters. The van der Waals surface area contributed by atoms with Gasteiger partial charge in [-0.25, -0.2) is 17.9 Å². The minimum Gasteiger partial charge on any atom is -0.462 e. The van der Waals surface area contributed by atoms with E-state index < -0.39 is 16.0 Å². The number of carbonyl (C=O) groups excluding carboxylic acids is 1. The van der Waals surface area contributed by atoms with Crippen LogP contribution in [0.3, 0.4) is 0 Å². The minimum absolute atomic E-state index is 0.00359. The second kappa shape index (κ2) is 7.94. The van der Waals surface area contributed by atoms with E-state index in [1.807, 2.05) is 0 Å². The topological polar surface area (TPSA) is 131 Å². The van der Waals surface area contributed by atoms with E-state index in [9.17, 15) is 13.2 Å². The molecule has 0 saturated carbocycles. The van der Waals surface area contributed by atoms with Gasteiger partial charge in [-0.2, -0.15) is 5.10 Å². The lowest BCUT2D eigenvalue weighted by Crippen LogP contribution is -2.29. The van der Waals surface area contributed by atoms with E-state index in [1.54, 1.807) is 6.92 Å². The number of aromatic amines is 1. The van der Waals surface area contributed by atoms with Crippen LogP contribution in [0.25, 0.3) is 0 Å². The van der Waals surface area contributed by atoms with Gasteiger partial charge in [0.1, 0.15) is 5.56 Å². The highest BCUT2D eigenvalue weighted by atomic mass is 32.2. The maximum atomic E-state index is 12.0. The Morgan fingerprint density at radius 1 is 1.50 bits per heavy atom. The molecule has 0 atom stereocenters. The molecule has 20 heavy (non-hydrogen) atoms. The van der Waals surface area contributed by atoms with Gasteiger partial charge in [0.05, 0.1) is 32.6 Å². The fraction of sp³-hybridized carbons (Fsp3) is 0.600. The van der Waals surface area contributed by atoms with E-state index in [-0.39, 0.29) is 43.6 Å². The number of aliphatic hydroxyl groups excluding tert-OH is 1.